The number of carbonyl (C=O) groups excluding carboxylic acids is 1. The van der Waals surface area contributed by atoms with Crippen LogP contribution in [0.25, 0.3) is 0 Å². The minimum absolute atomic E-state index is 0.119. The summed E-state index contributed by atoms with van der Waals surface area (Å²) in [6, 6.07) is 0. The fraction of sp³-hybridized carbons (Fsp3) is 0.929. The van der Waals surface area contributed by atoms with Crippen LogP contribution in [0.1, 0.15) is 46.0 Å². The Morgan fingerprint density at radius 1 is 1.33 bits per heavy atom. The van der Waals surface area contributed by atoms with Crippen molar-refractivity contribution in [2.24, 2.45) is 5.41 Å². The Morgan fingerprint density at radius 3 is 2.67 bits per heavy atom. The highest BCUT2D eigenvalue weighted by molar-refractivity contribution is 5.82. The smallest absolute Gasteiger partial charge is 0.226 e. The molecule has 0 saturated carbocycles. The molecule has 1 aliphatic rings. The molecule has 4 nitrogen and oxygen atoms in total. The molecule has 0 aliphatic carbocycles. The third-order valence-corrected chi connectivity index (χ3v) is 3.73. The Hall–Kier alpha value is -0.610. The largest absolute Gasteiger partial charge is 0.382 e. The van der Waals surface area contributed by atoms with E-state index in [4.69, 9.17) is 4.74 Å². The Labute approximate surface area is 111 Å². The summed E-state index contributed by atoms with van der Waals surface area (Å²) in [5.41, 5.74) is -0.119. The van der Waals surface area contributed by atoms with E-state index >= 15 is 0 Å². The summed E-state index contributed by atoms with van der Waals surface area (Å²) >= 11 is 0. The third-order valence-electron chi connectivity index (χ3n) is 3.73. The van der Waals surface area contributed by atoms with E-state index in [1.54, 1.807) is 0 Å². The summed E-state index contributed by atoms with van der Waals surface area (Å²) in [4.78, 5) is 12.4. The number of carbonyl (C=O) groups is 1. The molecule has 1 amide bonds. The Bertz CT molecular complexity index is 232. The molecular formula is C14H28N2O2. The number of piperidine rings is 1. The Kier molecular flexibility index (Phi) is 7.28. The zero-order valence-corrected chi connectivity index (χ0v) is 11.9. The van der Waals surface area contributed by atoms with Crippen LogP contribution in [0.2, 0.25) is 0 Å². The first-order valence-electron chi connectivity index (χ1n) is 7.32. The molecule has 4 heteroatoms. The summed E-state index contributed by atoms with van der Waals surface area (Å²) < 4.78 is 5.27. The minimum Gasteiger partial charge on any atom is -0.382 e. The van der Waals surface area contributed by atoms with Gasteiger partial charge in [-0.2, -0.15) is 0 Å². The second kappa shape index (κ2) is 8.48. The quantitative estimate of drug-likeness (QED) is 0.650. The highest BCUT2D eigenvalue weighted by Crippen LogP contribution is 2.34. The molecule has 106 valence electrons. The van der Waals surface area contributed by atoms with Crippen molar-refractivity contribution in [3.63, 3.8) is 0 Å². The van der Waals surface area contributed by atoms with E-state index in [0.29, 0.717) is 0 Å². The standard InChI is InChI=1S/C14H28N2O2/c1-3-6-14(7-10-15-11-8-14)13(17)16-9-5-12-18-4-2/h15H,3-12H2,1-2H3,(H,16,17). The molecule has 1 aliphatic heterocycles. The average Bonchev–Trinajstić information content (AvgIpc) is 2.39. The summed E-state index contributed by atoms with van der Waals surface area (Å²) in [5.74, 6) is 0.252. The minimum atomic E-state index is -0.119. The van der Waals surface area contributed by atoms with Gasteiger partial charge in [-0.1, -0.05) is 13.3 Å². The predicted octanol–water partition coefficient (Wildman–Crippen LogP) is 1.70. The normalized spacial score (nSPS) is 18.6. The van der Waals surface area contributed by atoms with E-state index in [1.807, 2.05) is 6.92 Å². The predicted molar refractivity (Wildman–Crippen MR) is 73.6 cm³/mol. The lowest BCUT2D eigenvalue weighted by molar-refractivity contribution is -0.133. The fourth-order valence-electron chi connectivity index (χ4n) is 2.68. The number of ether oxygens (including phenoxy) is 1. The van der Waals surface area contributed by atoms with Crippen LogP contribution < -0.4 is 10.6 Å². The molecule has 0 aromatic heterocycles. The van der Waals surface area contributed by atoms with Gasteiger partial charge in [-0.15, -0.1) is 0 Å². The van der Waals surface area contributed by atoms with Crippen LogP contribution in [0, 0.1) is 5.41 Å². The van der Waals surface area contributed by atoms with Crippen molar-refractivity contribution in [2.45, 2.75) is 46.0 Å². The van der Waals surface area contributed by atoms with Gasteiger partial charge in [0.25, 0.3) is 0 Å². The van der Waals surface area contributed by atoms with Crippen LogP contribution in [-0.4, -0.2) is 38.8 Å². The van der Waals surface area contributed by atoms with Crippen LogP contribution in [0.15, 0.2) is 0 Å². The van der Waals surface area contributed by atoms with E-state index in [-0.39, 0.29) is 11.3 Å². The average molecular weight is 256 g/mol. The van der Waals surface area contributed by atoms with Crippen LogP contribution in [0.5, 0.6) is 0 Å². The van der Waals surface area contributed by atoms with Crippen molar-refractivity contribution in [3.05, 3.63) is 0 Å². The molecule has 1 heterocycles. The maximum atomic E-state index is 12.4. The van der Waals surface area contributed by atoms with Crippen molar-refractivity contribution in [2.75, 3.05) is 32.8 Å². The molecular weight excluding hydrogens is 228 g/mol. The summed E-state index contributed by atoms with van der Waals surface area (Å²) in [7, 11) is 0. The molecule has 0 aromatic carbocycles. The molecule has 18 heavy (non-hydrogen) atoms. The molecule has 0 spiro atoms. The second-order valence-corrected chi connectivity index (χ2v) is 5.09. The van der Waals surface area contributed by atoms with Gasteiger partial charge in [-0.25, -0.2) is 0 Å². The fourth-order valence-corrected chi connectivity index (χ4v) is 2.68. The zero-order chi connectivity index (χ0) is 13.3. The maximum absolute atomic E-state index is 12.4. The molecule has 2 N–H and O–H groups in total. The molecule has 0 atom stereocenters. The van der Waals surface area contributed by atoms with Crippen LogP contribution in [0.4, 0.5) is 0 Å². The van der Waals surface area contributed by atoms with Crippen LogP contribution in [0.3, 0.4) is 0 Å². The third kappa shape index (κ3) is 4.58. The number of rotatable bonds is 8. The summed E-state index contributed by atoms with van der Waals surface area (Å²) in [6.45, 7) is 8.30. The van der Waals surface area contributed by atoms with Crippen LogP contribution in [-0.2, 0) is 9.53 Å². The lowest BCUT2D eigenvalue weighted by Crippen LogP contribution is -2.47. The van der Waals surface area contributed by atoms with Gasteiger partial charge in [0.1, 0.15) is 0 Å². The molecule has 0 radical (unpaired) electrons. The van der Waals surface area contributed by atoms with Gasteiger partial charge in [0, 0.05) is 19.8 Å². The van der Waals surface area contributed by atoms with Gasteiger partial charge in [-0.05, 0) is 45.7 Å². The molecule has 0 unspecified atom stereocenters. The number of hydrogen-bond acceptors (Lipinski definition) is 3. The van der Waals surface area contributed by atoms with E-state index < -0.39 is 0 Å². The van der Waals surface area contributed by atoms with Crippen LogP contribution >= 0.6 is 0 Å². The maximum Gasteiger partial charge on any atom is 0.226 e. The lowest BCUT2D eigenvalue weighted by Gasteiger charge is -2.36. The van der Waals surface area contributed by atoms with Crippen molar-refractivity contribution in [1.29, 1.82) is 0 Å². The van der Waals surface area contributed by atoms with Gasteiger partial charge in [0.2, 0.25) is 5.91 Å². The van der Waals surface area contributed by atoms with Crippen molar-refractivity contribution in [1.82, 2.24) is 10.6 Å². The first-order valence-corrected chi connectivity index (χ1v) is 7.32. The van der Waals surface area contributed by atoms with E-state index in [1.165, 1.54) is 0 Å². The first kappa shape index (κ1) is 15.4. The van der Waals surface area contributed by atoms with Crippen molar-refractivity contribution in [3.8, 4) is 0 Å². The second-order valence-electron chi connectivity index (χ2n) is 5.09. The highest BCUT2D eigenvalue weighted by Gasteiger charge is 2.38. The van der Waals surface area contributed by atoms with E-state index in [0.717, 1.165) is 65.0 Å². The molecule has 1 fully saturated rings. The van der Waals surface area contributed by atoms with E-state index in [9.17, 15) is 4.79 Å². The number of amides is 1. The van der Waals surface area contributed by atoms with Crippen molar-refractivity contribution < 1.29 is 9.53 Å². The van der Waals surface area contributed by atoms with Crippen molar-refractivity contribution >= 4 is 5.91 Å². The molecule has 0 bridgehead atoms. The Morgan fingerprint density at radius 2 is 2.06 bits per heavy atom. The summed E-state index contributed by atoms with van der Waals surface area (Å²) in [6.07, 6.45) is 4.93. The van der Waals surface area contributed by atoms with Gasteiger partial charge < -0.3 is 15.4 Å². The first-order chi connectivity index (χ1) is 8.75. The number of hydrogen-bond donors (Lipinski definition) is 2. The Balaban J connectivity index is 2.35. The van der Waals surface area contributed by atoms with Gasteiger partial charge in [0.15, 0.2) is 0 Å². The monoisotopic (exact) mass is 256 g/mol. The lowest BCUT2D eigenvalue weighted by atomic mass is 9.74. The van der Waals surface area contributed by atoms with Gasteiger partial charge in [0.05, 0.1) is 5.41 Å². The molecule has 0 aromatic rings. The van der Waals surface area contributed by atoms with E-state index in [2.05, 4.69) is 17.6 Å². The zero-order valence-electron chi connectivity index (χ0n) is 11.9. The van der Waals surface area contributed by atoms with Gasteiger partial charge >= 0.3 is 0 Å². The molecule has 1 rings (SSSR count). The SMILES string of the molecule is CCCC1(C(=O)NCCCOCC)CCNCC1. The molecule has 1 saturated heterocycles. The van der Waals surface area contributed by atoms with Gasteiger partial charge in [-0.3, -0.25) is 4.79 Å². The summed E-state index contributed by atoms with van der Waals surface area (Å²) in [5, 5.41) is 6.43. The topological polar surface area (TPSA) is 50.4 Å². The highest BCUT2D eigenvalue weighted by atomic mass is 16.5. The number of nitrogens with one attached hydrogen (secondary N) is 2.